The quantitative estimate of drug-likeness (QED) is 0.0299. The van der Waals surface area contributed by atoms with Gasteiger partial charge in [0.15, 0.2) is 0 Å². The minimum Gasteiger partial charge on any atom is -0.481 e. The first-order chi connectivity index (χ1) is 29.5. The number of aromatic amines is 1. The Balaban J connectivity index is 0.00000173. The zero-order valence-electron chi connectivity index (χ0n) is 37.5. The molecule has 15 nitrogen and oxygen atoms in total. The van der Waals surface area contributed by atoms with Crippen LogP contribution < -0.4 is 20.5 Å². The SMILES string of the molecule is CC(C)(C)OC(=O)N[C@H](CCC(=O)O)C(=O)N[C@H](Cc1c[nH]c2ccccc12)C(=O)NCCCCCCCCCCCCOP(=O)(O)Oc1ccccc1Cl.CCN(CC)CC. The second kappa shape index (κ2) is 29.3. The number of unbranched alkanes of at least 4 members (excludes halogenated alkanes) is 9. The number of carbonyl (C=O) groups is 4. The summed E-state index contributed by atoms with van der Waals surface area (Å²) < 4.78 is 27.5. The molecule has 0 saturated carbocycles. The van der Waals surface area contributed by atoms with Gasteiger partial charge in [-0.3, -0.25) is 23.8 Å². The number of amides is 3. The number of carbonyl (C=O) groups excluding carboxylic acids is 3. The first kappa shape index (κ1) is 54.0. The fraction of sp³-hybridized carbons (Fsp3) is 0.600. The number of ether oxygens (including phenoxy) is 1. The number of phosphoric acid groups is 1. The van der Waals surface area contributed by atoms with Gasteiger partial charge in [0.2, 0.25) is 11.8 Å². The van der Waals surface area contributed by atoms with Crippen molar-refractivity contribution in [3.8, 4) is 5.75 Å². The van der Waals surface area contributed by atoms with Crippen molar-refractivity contribution in [1.29, 1.82) is 0 Å². The third-order valence-corrected chi connectivity index (χ3v) is 11.2. The van der Waals surface area contributed by atoms with E-state index in [1.54, 1.807) is 45.2 Å². The van der Waals surface area contributed by atoms with Crippen LogP contribution in [0.1, 0.15) is 124 Å². The topological polar surface area (TPSA) is 209 Å². The monoisotopic (exact) mass is 907 g/mol. The smallest absolute Gasteiger partial charge is 0.481 e. The van der Waals surface area contributed by atoms with Gasteiger partial charge in [-0.15, -0.1) is 0 Å². The molecule has 3 atom stereocenters. The van der Waals surface area contributed by atoms with Crippen LogP contribution in [0.5, 0.6) is 5.75 Å². The van der Waals surface area contributed by atoms with Crippen molar-refractivity contribution in [2.75, 3.05) is 32.8 Å². The zero-order chi connectivity index (χ0) is 46.0. The molecule has 2 aromatic carbocycles. The van der Waals surface area contributed by atoms with E-state index in [1.807, 2.05) is 24.3 Å². The maximum Gasteiger partial charge on any atom is 0.527 e. The molecule has 3 aromatic rings. The summed E-state index contributed by atoms with van der Waals surface area (Å²) in [5.74, 6) is -2.09. The second-order valence-corrected chi connectivity index (χ2v) is 17.8. The number of hydrogen-bond acceptors (Lipinski definition) is 9. The van der Waals surface area contributed by atoms with Gasteiger partial charge < -0.3 is 40.2 Å². The number of para-hydroxylation sites is 2. The highest BCUT2D eigenvalue weighted by atomic mass is 35.5. The van der Waals surface area contributed by atoms with Gasteiger partial charge in [0.05, 0.1) is 11.6 Å². The molecule has 0 saturated heterocycles. The van der Waals surface area contributed by atoms with Gasteiger partial charge in [-0.05, 0) is 83.4 Å². The van der Waals surface area contributed by atoms with Crippen LogP contribution in [-0.2, 0) is 34.6 Å². The van der Waals surface area contributed by atoms with Gasteiger partial charge in [0.25, 0.3) is 0 Å². The van der Waals surface area contributed by atoms with Crippen molar-refractivity contribution in [3.05, 3.63) is 65.3 Å². The number of aromatic nitrogens is 1. The van der Waals surface area contributed by atoms with Crippen LogP contribution in [0.25, 0.3) is 10.9 Å². The van der Waals surface area contributed by atoms with Crippen molar-refractivity contribution in [1.82, 2.24) is 25.8 Å². The van der Waals surface area contributed by atoms with E-state index in [0.29, 0.717) is 13.0 Å². The van der Waals surface area contributed by atoms with E-state index in [0.717, 1.165) is 74.3 Å². The Bertz CT molecular complexity index is 1830. The molecule has 0 bridgehead atoms. The Labute approximate surface area is 373 Å². The molecule has 348 valence electrons. The molecule has 1 heterocycles. The number of aliphatic carboxylic acids is 1. The number of nitrogens with zero attached hydrogens (tertiary/aromatic N) is 1. The van der Waals surface area contributed by atoms with Crippen LogP contribution >= 0.6 is 19.4 Å². The van der Waals surface area contributed by atoms with Crippen LogP contribution in [0.4, 0.5) is 4.79 Å². The first-order valence-electron chi connectivity index (χ1n) is 22.0. The summed E-state index contributed by atoms with van der Waals surface area (Å²) in [6, 6.07) is 11.8. The maximum absolute atomic E-state index is 13.5. The Hall–Kier alpha value is -4.14. The summed E-state index contributed by atoms with van der Waals surface area (Å²) in [7, 11) is -4.24. The van der Waals surface area contributed by atoms with Crippen molar-refractivity contribution in [2.24, 2.45) is 0 Å². The molecule has 1 aromatic heterocycles. The van der Waals surface area contributed by atoms with Gasteiger partial charge in [0.1, 0.15) is 23.4 Å². The lowest BCUT2D eigenvalue weighted by Crippen LogP contribution is -2.55. The molecule has 62 heavy (non-hydrogen) atoms. The van der Waals surface area contributed by atoms with Crippen LogP contribution in [0.15, 0.2) is 54.7 Å². The van der Waals surface area contributed by atoms with Crippen LogP contribution in [-0.4, -0.2) is 94.2 Å². The Morgan fingerprint density at radius 1 is 0.806 bits per heavy atom. The van der Waals surface area contributed by atoms with E-state index in [9.17, 15) is 33.7 Å². The molecule has 17 heteroatoms. The van der Waals surface area contributed by atoms with Gasteiger partial charge in [-0.2, -0.15) is 0 Å². The molecule has 3 amide bonds. The molecule has 0 aliphatic heterocycles. The number of alkyl carbamates (subject to hydrolysis) is 1. The summed E-state index contributed by atoms with van der Waals surface area (Å²) in [6.45, 7) is 15.7. The average molecular weight is 909 g/mol. The summed E-state index contributed by atoms with van der Waals surface area (Å²) in [4.78, 5) is 66.2. The van der Waals surface area contributed by atoms with Crippen molar-refractivity contribution in [2.45, 2.75) is 143 Å². The predicted octanol–water partition coefficient (Wildman–Crippen LogP) is 9.17. The van der Waals surface area contributed by atoms with Crippen LogP contribution in [0.3, 0.4) is 0 Å². The van der Waals surface area contributed by atoms with Crippen molar-refractivity contribution in [3.63, 3.8) is 0 Å². The Morgan fingerprint density at radius 3 is 1.97 bits per heavy atom. The normalized spacial score (nSPS) is 13.3. The van der Waals surface area contributed by atoms with E-state index in [4.69, 9.17) is 25.4 Å². The fourth-order valence-electron chi connectivity index (χ4n) is 6.48. The number of nitrogens with one attached hydrogen (secondary N) is 4. The number of phosphoric ester groups is 1. The molecule has 6 N–H and O–H groups in total. The van der Waals surface area contributed by atoms with E-state index in [2.05, 4.69) is 46.6 Å². The van der Waals surface area contributed by atoms with Crippen molar-refractivity contribution < 1.29 is 47.5 Å². The third kappa shape index (κ3) is 22.8. The fourth-order valence-corrected chi connectivity index (χ4v) is 7.53. The Kier molecular flexibility index (Phi) is 25.5. The van der Waals surface area contributed by atoms with Gasteiger partial charge in [0, 0.05) is 36.5 Å². The predicted molar refractivity (Wildman–Crippen MR) is 244 cm³/mol. The Morgan fingerprint density at radius 2 is 1.39 bits per heavy atom. The lowest BCUT2D eigenvalue weighted by Gasteiger charge is -2.25. The maximum atomic E-state index is 13.5. The number of hydrogen-bond donors (Lipinski definition) is 6. The van der Waals surface area contributed by atoms with Crippen LogP contribution in [0.2, 0.25) is 5.02 Å². The zero-order valence-corrected chi connectivity index (χ0v) is 39.2. The van der Waals surface area contributed by atoms with Crippen LogP contribution in [0, 0.1) is 0 Å². The summed E-state index contributed by atoms with van der Waals surface area (Å²) in [5.41, 5.74) is 0.873. The molecule has 0 radical (unpaired) electrons. The minimum atomic E-state index is -4.24. The molecule has 3 rings (SSSR count). The molecule has 0 fully saturated rings. The number of carboxylic acid groups (broad SMARTS) is 1. The lowest BCUT2D eigenvalue weighted by molar-refractivity contribution is -0.137. The van der Waals surface area contributed by atoms with E-state index < -0.39 is 43.5 Å². The number of benzene rings is 2. The van der Waals surface area contributed by atoms with Gasteiger partial charge in [-0.1, -0.05) is 114 Å². The number of halogens is 1. The highest BCUT2D eigenvalue weighted by Crippen LogP contribution is 2.45. The third-order valence-electron chi connectivity index (χ3n) is 9.90. The molecular weight excluding hydrogens is 837 g/mol. The van der Waals surface area contributed by atoms with Crippen molar-refractivity contribution >= 4 is 54.2 Å². The number of H-pyrrole nitrogens is 1. The summed E-state index contributed by atoms with van der Waals surface area (Å²) in [6.07, 6.45) is 10.0. The standard InChI is InChI=1S/C39H56ClN4O10P.C6H15N/c1-39(2,3)53-38(49)44-32(22-23-35(45)46)37(48)43-33(26-28-27-42-31-20-14-12-18-29(28)31)36(47)41-24-16-10-8-6-4-5-7-9-11-17-25-52-55(50,51)54-34-21-15-13-19-30(34)40;1-4-7(5-2)6-3/h12-15,18-21,27,32-33,42H,4-11,16-17,22-26H2,1-3H3,(H,41,47)(H,43,48)(H,44,49)(H,45,46)(H,50,51);4-6H2,1-3H3/t32-,33-;/m1./s1. The summed E-state index contributed by atoms with van der Waals surface area (Å²) in [5, 5.41) is 18.6. The van der Waals surface area contributed by atoms with Gasteiger partial charge >= 0.3 is 19.9 Å². The number of carboxylic acids is 1. The number of rotatable bonds is 28. The van der Waals surface area contributed by atoms with E-state index >= 15 is 0 Å². The average Bonchev–Trinajstić information content (AvgIpc) is 3.62. The highest BCUT2D eigenvalue weighted by Gasteiger charge is 2.30. The highest BCUT2D eigenvalue weighted by molar-refractivity contribution is 7.47. The minimum absolute atomic E-state index is 0.101. The lowest BCUT2D eigenvalue weighted by atomic mass is 10.0. The molecule has 0 aliphatic rings. The second-order valence-electron chi connectivity index (χ2n) is 16.0. The van der Waals surface area contributed by atoms with Gasteiger partial charge in [-0.25, -0.2) is 9.36 Å². The molecule has 0 spiro atoms. The summed E-state index contributed by atoms with van der Waals surface area (Å²) >= 11 is 5.97. The van der Waals surface area contributed by atoms with E-state index in [1.165, 1.54) is 25.7 Å². The van der Waals surface area contributed by atoms with E-state index in [-0.39, 0.29) is 42.5 Å². The molecular formula is C45H71ClN5O10P. The number of fused-ring (bicyclic) bond motifs is 1. The largest absolute Gasteiger partial charge is 0.527 e. The molecule has 0 aliphatic carbocycles. The first-order valence-corrected chi connectivity index (χ1v) is 23.8. The molecule has 1 unspecified atom stereocenters.